The molecule has 2 aromatic rings. The summed E-state index contributed by atoms with van der Waals surface area (Å²) in [6.07, 6.45) is -8.47. The Bertz CT molecular complexity index is 632. The highest BCUT2D eigenvalue weighted by Crippen LogP contribution is 2.40. The van der Waals surface area contributed by atoms with E-state index in [2.05, 4.69) is 11.6 Å². The van der Waals surface area contributed by atoms with Crippen LogP contribution < -0.4 is 0 Å². The van der Waals surface area contributed by atoms with Gasteiger partial charge in [0.1, 0.15) is 0 Å². The molecule has 0 bridgehead atoms. The van der Waals surface area contributed by atoms with E-state index in [9.17, 15) is 26.3 Å². The molecule has 7 heteroatoms. The predicted molar refractivity (Wildman–Crippen MR) is 58.4 cm³/mol. The number of hydrogen-bond acceptors (Lipinski definition) is 0. The Morgan fingerprint density at radius 1 is 0.947 bits per heavy atom. The van der Waals surface area contributed by atoms with E-state index in [-0.39, 0.29) is 22.7 Å². The van der Waals surface area contributed by atoms with Gasteiger partial charge in [-0.2, -0.15) is 26.3 Å². The molecule has 1 heterocycles. The van der Waals surface area contributed by atoms with Crippen LogP contribution in [-0.2, 0) is 12.4 Å². The van der Waals surface area contributed by atoms with Crippen molar-refractivity contribution in [2.45, 2.75) is 12.4 Å². The molecular weight excluding hydrogens is 272 g/mol. The Morgan fingerprint density at radius 2 is 1.58 bits per heavy atom. The third-order valence-corrected chi connectivity index (χ3v) is 2.61. The van der Waals surface area contributed by atoms with E-state index in [1.54, 1.807) is 0 Å². The molecule has 1 aromatic carbocycles. The number of halogens is 6. The zero-order chi connectivity index (χ0) is 14.4. The normalized spacial score (nSPS) is 12.9. The molecule has 2 rings (SSSR count). The van der Waals surface area contributed by atoms with Gasteiger partial charge >= 0.3 is 12.4 Å². The fourth-order valence-corrected chi connectivity index (χ4v) is 1.77. The van der Waals surface area contributed by atoms with Crippen molar-refractivity contribution in [1.82, 2.24) is 4.98 Å². The molecule has 0 atom stereocenters. The van der Waals surface area contributed by atoms with Gasteiger partial charge in [0.05, 0.1) is 11.1 Å². The van der Waals surface area contributed by atoms with Gasteiger partial charge in [0.2, 0.25) is 0 Å². The number of hydrogen-bond donors (Lipinski definition) is 1. The van der Waals surface area contributed by atoms with E-state index < -0.39 is 23.5 Å². The molecule has 0 aliphatic rings. The fourth-order valence-electron chi connectivity index (χ4n) is 1.77. The van der Waals surface area contributed by atoms with Crippen LogP contribution in [0, 0.1) is 0 Å². The molecule has 0 saturated heterocycles. The maximum Gasteiger partial charge on any atom is 0.417 e. The van der Waals surface area contributed by atoms with Gasteiger partial charge in [-0.25, -0.2) is 0 Å². The molecule has 19 heavy (non-hydrogen) atoms. The van der Waals surface area contributed by atoms with Crippen molar-refractivity contribution in [2.24, 2.45) is 0 Å². The van der Waals surface area contributed by atoms with Crippen molar-refractivity contribution in [3.8, 4) is 0 Å². The molecule has 0 unspecified atom stereocenters. The lowest BCUT2D eigenvalue weighted by molar-refractivity contribution is -0.142. The molecular formula is C12H7F6N. The van der Waals surface area contributed by atoms with Crippen LogP contribution in [0.25, 0.3) is 17.0 Å². The molecule has 0 radical (unpaired) electrons. The van der Waals surface area contributed by atoms with Gasteiger partial charge in [-0.15, -0.1) is 0 Å². The van der Waals surface area contributed by atoms with E-state index >= 15 is 0 Å². The van der Waals surface area contributed by atoms with Gasteiger partial charge in [0.15, 0.2) is 0 Å². The van der Waals surface area contributed by atoms with E-state index in [1.165, 1.54) is 6.08 Å². The summed E-state index contributed by atoms with van der Waals surface area (Å²) in [4.78, 5) is 2.45. The minimum Gasteiger partial charge on any atom is -0.355 e. The smallest absolute Gasteiger partial charge is 0.355 e. The van der Waals surface area contributed by atoms with Crippen LogP contribution in [0.5, 0.6) is 0 Å². The molecule has 0 fully saturated rings. The molecule has 0 spiro atoms. The minimum absolute atomic E-state index is 0.114. The van der Waals surface area contributed by atoms with Crippen LogP contribution >= 0.6 is 0 Å². The molecule has 102 valence electrons. The zero-order valence-electron chi connectivity index (χ0n) is 9.28. The fraction of sp³-hybridized carbons (Fsp3) is 0.167. The number of alkyl halides is 6. The number of aromatic nitrogens is 1. The van der Waals surface area contributed by atoms with Gasteiger partial charge < -0.3 is 4.98 Å². The summed E-state index contributed by atoms with van der Waals surface area (Å²) >= 11 is 0. The number of H-pyrrole nitrogens is 1. The van der Waals surface area contributed by atoms with E-state index in [0.29, 0.717) is 6.07 Å². The number of nitrogens with one attached hydrogen (secondary N) is 1. The Labute approximate surface area is 103 Å². The Morgan fingerprint density at radius 3 is 2.05 bits per heavy atom. The molecule has 1 aromatic heterocycles. The summed E-state index contributed by atoms with van der Waals surface area (Å²) in [5.74, 6) is 0. The highest BCUT2D eigenvalue weighted by atomic mass is 19.4. The monoisotopic (exact) mass is 279 g/mol. The van der Waals surface area contributed by atoms with Crippen molar-refractivity contribution >= 4 is 17.0 Å². The Kier molecular flexibility index (Phi) is 2.87. The minimum atomic E-state index is -4.86. The van der Waals surface area contributed by atoms with Crippen molar-refractivity contribution in [3.05, 3.63) is 41.6 Å². The average Bonchev–Trinajstić information content (AvgIpc) is 2.67. The first-order chi connectivity index (χ1) is 8.63. The van der Waals surface area contributed by atoms with Gasteiger partial charge in [0, 0.05) is 16.6 Å². The van der Waals surface area contributed by atoms with Gasteiger partial charge in [0.25, 0.3) is 0 Å². The summed E-state index contributed by atoms with van der Waals surface area (Å²) in [5.41, 5.74) is -2.66. The van der Waals surface area contributed by atoms with Crippen LogP contribution in [0.4, 0.5) is 26.3 Å². The maximum atomic E-state index is 12.8. The summed E-state index contributed by atoms with van der Waals surface area (Å²) in [6, 6.07) is 1.88. The first kappa shape index (κ1) is 13.5. The third-order valence-electron chi connectivity index (χ3n) is 2.61. The van der Waals surface area contributed by atoms with Crippen LogP contribution in [0.15, 0.2) is 24.8 Å². The lowest BCUT2D eigenvalue weighted by Gasteiger charge is -2.12. The highest BCUT2D eigenvalue weighted by molar-refractivity contribution is 5.87. The molecule has 1 N–H and O–H groups in total. The summed E-state index contributed by atoms with van der Waals surface area (Å²) < 4.78 is 76.1. The van der Waals surface area contributed by atoms with Crippen LogP contribution in [-0.4, -0.2) is 4.98 Å². The van der Waals surface area contributed by atoms with Gasteiger partial charge in [-0.1, -0.05) is 6.58 Å². The van der Waals surface area contributed by atoms with Crippen LogP contribution in [0.1, 0.15) is 16.8 Å². The topological polar surface area (TPSA) is 15.8 Å². The zero-order valence-corrected chi connectivity index (χ0v) is 9.28. The van der Waals surface area contributed by atoms with Crippen LogP contribution in [0.2, 0.25) is 0 Å². The molecule has 0 aliphatic carbocycles. The van der Waals surface area contributed by atoms with E-state index in [0.717, 1.165) is 6.07 Å². The Hall–Kier alpha value is -1.92. The molecule has 0 aliphatic heterocycles. The summed E-state index contributed by atoms with van der Waals surface area (Å²) in [7, 11) is 0. The van der Waals surface area contributed by atoms with Crippen molar-refractivity contribution in [3.63, 3.8) is 0 Å². The first-order valence-corrected chi connectivity index (χ1v) is 5.06. The second kappa shape index (κ2) is 4.04. The first-order valence-electron chi connectivity index (χ1n) is 5.06. The predicted octanol–water partition coefficient (Wildman–Crippen LogP) is 4.85. The number of fused-ring (bicyclic) bond motifs is 1. The van der Waals surface area contributed by atoms with Crippen molar-refractivity contribution in [2.75, 3.05) is 0 Å². The second-order valence-electron chi connectivity index (χ2n) is 3.91. The Balaban J connectivity index is 2.82. The highest BCUT2D eigenvalue weighted by Gasteiger charge is 2.38. The van der Waals surface area contributed by atoms with Crippen molar-refractivity contribution in [1.29, 1.82) is 0 Å². The van der Waals surface area contributed by atoms with E-state index in [4.69, 9.17) is 0 Å². The lowest BCUT2D eigenvalue weighted by Crippen LogP contribution is -2.10. The van der Waals surface area contributed by atoms with Gasteiger partial charge in [-0.05, 0) is 24.3 Å². The number of benzene rings is 1. The standard InChI is InChI=1S/C12H7F6N/c1-2-7-5-8-9(12(16,17)18)3-6(11(13,14)15)4-10(8)19-7/h2-5,19H,1H2. The number of rotatable bonds is 1. The number of aromatic amines is 1. The lowest BCUT2D eigenvalue weighted by atomic mass is 10.0. The largest absolute Gasteiger partial charge is 0.417 e. The second-order valence-corrected chi connectivity index (χ2v) is 3.91. The SMILES string of the molecule is C=Cc1cc2c(C(F)(F)F)cc(C(F)(F)F)cc2[nH]1. The molecule has 0 amide bonds. The molecule has 1 nitrogen and oxygen atoms in total. The van der Waals surface area contributed by atoms with Crippen LogP contribution in [0.3, 0.4) is 0 Å². The van der Waals surface area contributed by atoms with E-state index in [1.807, 2.05) is 0 Å². The van der Waals surface area contributed by atoms with Crippen molar-refractivity contribution < 1.29 is 26.3 Å². The maximum absolute atomic E-state index is 12.8. The summed E-state index contributed by atoms with van der Waals surface area (Å²) in [6.45, 7) is 3.35. The summed E-state index contributed by atoms with van der Waals surface area (Å²) in [5, 5.41) is -0.310. The molecule has 0 saturated carbocycles. The quantitative estimate of drug-likeness (QED) is 0.718. The van der Waals surface area contributed by atoms with Gasteiger partial charge in [-0.3, -0.25) is 0 Å². The third kappa shape index (κ3) is 2.45. The average molecular weight is 279 g/mol.